The number of nitrogens with zero attached hydrogens (tertiary/aromatic N) is 4. The smallest absolute Gasteiger partial charge is 0.271 e. The van der Waals surface area contributed by atoms with Crippen LogP contribution < -0.4 is 21.3 Å². The van der Waals surface area contributed by atoms with E-state index in [1.54, 1.807) is 11.4 Å². The first kappa shape index (κ1) is 30.3. The minimum Gasteiger partial charge on any atom is -0.375 e. The molecule has 2 atom stereocenters. The predicted molar refractivity (Wildman–Crippen MR) is 180 cm³/mol. The van der Waals surface area contributed by atoms with Crippen LogP contribution in [0.4, 0.5) is 10.8 Å². The lowest BCUT2D eigenvalue weighted by molar-refractivity contribution is 0.0921. The van der Waals surface area contributed by atoms with Crippen molar-refractivity contribution in [1.29, 1.82) is 0 Å². The Hall–Kier alpha value is -3.34. The number of aromatic nitrogens is 3. The third kappa shape index (κ3) is 6.12. The van der Waals surface area contributed by atoms with E-state index in [2.05, 4.69) is 38.1 Å². The first-order valence-corrected chi connectivity index (χ1v) is 17.3. The van der Waals surface area contributed by atoms with Crippen LogP contribution in [0.2, 0.25) is 10.0 Å². The highest BCUT2D eigenvalue weighted by Gasteiger charge is 2.46. The van der Waals surface area contributed by atoms with Crippen LogP contribution in [0, 0.1) is 17.8 Å². The van der Waals surface area contributed by atoms with Crippen molar-refractivity contribution in [3.8, 4) is 0 Å². The van der Waals surface area contributed by atoms with E-state index in [0.29, 0.717) is 27.2 Å². The zero-order valence-corrected chi connectivity index (χ0v) is 27.7. The van der Waals surface area contributed by atoms with Gasteiger partial charge in [0.25, 0.3) is 11.8 Å². The molecule has 0 radical (unpaired) electrons. The lowest BCUT2D eigenvalue weighted by Gasteiger charge is -2.28. The number of benzene rings is 2. The van der Waals surface area contributed by atoms with Crippen LogP contribution >= 0.6 is 34.5 Å². The van der Waals surface area contributed by atoms with Gasteiger partial charge in [-0.3, -0.25) is 9.59 Å². The molecule has 3 aliphatic rings. The largest absolute Gasteiger partial charge is 0.375 e. The lowest BCUT2D eigenvalue weighted by atomic mass is 9.87. The number of hydrogen-bond donors (Lipinski definition) is 3. The van der Waals surface area contributed by atoms with E-state index in [9.17, 15) is 9.59 Å². The molecule has 1 aliphatic heterocycles. The van der Waals surface area contributed by atoms with Crippen LogP contribution in [-0.4, -0.2) is 45.5 Å². The van der Waals surface area contributed by atoms with Gasteiger partial charge in [0.2, 0.25) is 0 Å². The Kier molecular flexibility index (Phi) is 8.16. The summed E-state index contributed by atoms with van der Waals surface area (Å²) in [6, 6.07) is 7.90. The number of anilines is 2. The third-order valence-electron chi connectivity index (χ3n) is 9.80. The predicted octanol–water partition coefficient (Wildman–Crippen LogP) is 6.20. The fraction of sp³-hybridized carbons (Fsp3) is 0.455. The Bertz CT molecular complexity index is 1790. The van der Waals surface area contributed by atoms with Crippen LogP contribution in [0.5, 0.6) is 0 Å². The van der Waals surface area contributed by atoms with Crippen LogP contribution in [0.1, 0.15) is 76.8 Å². The number of aryl methyl sites for hydroxylation is 1. The van der Waals surface area contributed by atoms with Crippen molar-refractivity contribution in [2.24, 2.45) is 24.8 Å². The Morgan fingerprint density at radius 3 is 2.53 bits per heavy atom. The molecule has 2 saturated carbocycles. The Labute approximate surface area is 276 Å². The van der Waals surface area contributed by atoms with Crippen LogP contribution in [0.3, 0.4) is 0 Å². The van der Waals surface area contributed by atoms with Gasteiger partial charge in [0, 0.05) is 49.5 Å². The van der Waals surface area contributed by atoms with E-state index >= 15 is 0 Å². The molecular weight excluding hydrogens is 629 g/mol. The Morgan fingerprint density at radius 1 is 1.07 bits per heavy atom. The fourth-order valence-electron chi connectivity index (χ4n) is 6.90. The summed E-state index contributed by atoms with van der Waals surface area (Å²) < 4.78 is 2.06. The maximum absolute atomic E-state index is 13.8. The average molecular weight is 667 g/mol. The van der Waals surface area contributed by atoms with E-state index in [4.69, 9.17) is 33.9 Å². The molecule has 45 heavy (non-hydrogen) atoms. The van der Waals surface area contributed by atoms with Crippen molar-refractivity contribution in [2.75, 3.05) is 23.7 Å². The number of carbonyl (C=O) groups is 2. The number of piperidine rings is 1. The highest BCUT2D eigenvalue weighted by molar-refractivity contribution is 7.13. The Morgan fingerprint density at radius 2 is 1.82 bits per heavy atom. The summed E-state index contributed by atoms with van der Waals surface area (Å²) in [6.45, 7) is 4.48. The number of thiazole rings is 1. The third-order valence-corrected chi connectivity index (χ3v) is 11.3. The molecule has 4 aromatic rings. The lowest BCUT2D eigenvalue weighted by Crippen LogP contribution is -2.38. The maximum atomic E-state index is 13.8. The second-order valence-electron chi connectivity index (χ2n) is 13.0. The van der Waals surface area contributed by atoms with Gasteiger partial charge in [-0.15, -0.1) is 11.3 Å². The topological polar surface area (TPSA) is 118 Å². The molecule has 2 aromatic carbocycles. The highest BCUT2D eigenvalue weighted by atomic mass is 35.5. The molecule has 7 rings (SSSR count). The van der Waals surface area contributed by atoms with Crippen molar-refractivity contribution in [1.82, 2.24) is 25.2 Å². The Balaban J connectivity index is 1.16. The number of halogens is 2. The number of imidazole rings is 1. The van der Waals surface area contributed by atoms with Gasteiger partial charge < -0.3 is 25.8 Å². The number of amides is 2. The molecule has 9 nitrogen and oxygen atoms in total. The fourth-order valence-corrected chi connectivity index (χ4v) is 8.02. The molecule has 1 saturated heterocycles. The van der Waals surface area contributed by atoms with E-state index in [-0.39, 0.29) is 30.1 Å². The van der Waals surface area contributed by atoms with Crippen LogP contribution in [0.25, 0.3) is 11.0 Å². The number of nitrogens with one attached hydrogen (secondary N) is 2. The number of hydrogen-bond acceptors (Lipinski definition) is 7. The zero-order valence-electron chi connectivity index (χ0n) is 25.4. The SMILES string of the molecule is CC1CCC(NC(=O)c2cc3nc(Cc4c(Cl)ccc(CNC(=O)c5csc(N)n5)c4Cl)n(C)c3cc2N2CC3CC3C2)CC1. The van der Waals surface area contributed by atoms with Crippen molar-refractivity contribution in [2.45, 2.75) is 58.0 Å². The van der Waals surface area contributed by atoms with Crippen molar-refractivity contribution in [3.05, 3.63) is 67.9 Å². The summed E-state index contributed by atoms with van der Waals surface area (Å²) in [5, 5.41) is 9.16. The van der Waals surface area contributed by atoms with Gasteiger partial charge in [-0.1, -0.05) is 36.2 Å². The van der Waals surface area contributed by atoms with Gasteiger partial charge in [0.15, 0.2) is 5.13 Å². The molecule has 2 aromatic heterocycles. The minimum absolute atomic E-state index is 0.0135. The number of carbonyl (C=O) groups excluding carboxylic acids is 2. The number of nitrogens with two attached hydrogens (primary N) is 1. The summed E-state index contributed by atoms with van der Waals surface area (Å²) >= 11 is 14.8. The molecule has 3 heterocycles. The molecule has 2 amide bonds. The van der Waals surface area contributed by atoms with Crippen molar-refractivity contribution in [3.63, 3.8) is 0 Å². The molecular formula is C33H37Cl2N7O2S. The molecule has 0 bridgehead atoms. The second kappa shape index (κ2) is 12.1. The van der Waals surface area contributed by atoms with Gasteiger partial charge in [-0.25, -0.2) is 9.97 Å². The first-order valence-electron chi connectivity index (χ1n) is 15.6. The summed E-state index contributed by atoms with van der Waals surface area (Å²) in [6.07, 6.45) is 6.02. The maximum Gasteiger partial charge on any atom is 0.271 e. The quantitative estimate of drug-likeness (QED) is 0.206. The summed E-state index contributed by atoms with van der Waals surface area (Å²) in [5.41, 5.74) is 10.8. The summed E-state index contributed by atoms with van der Waals surface area (Å²) in [5.74, 6) is 2.63. The minimum atomic E-state index is -0.324. The second-order valence-corrected chi connectivity index (χ2v) is 14.6. The average Bonchev–Trinajstić information content (AvgIpc) is 3.30. The molecule has 2 unspecified atom stereocenters. The van der Waals surface area contributed by atoms with E-state index in [1.165, 1.54) is 17.8 Å². The normalized spacial score (nSPS) is 22.4. The van der Waals surface area contributed by atoms with E-state index < -0.39 is 0 Å². The van der Waals surface area contributed by atoms with Crippen LogP contribution in [0.15, 0.2) is 29.6 Å². The number of rotatable bonds is 8. The van der Waals surface area contributed by atoms with Gasteiger partial charge in [-0.05, 0) is 79.2 Å². The zero-order chi connectivity index (χ0) is 31.4. The van der Waals surface area contributed by atoms with Crippen molar-refractivity contribution < 1.29 is 9.59 Å². The molecule has 236 valence electrons. The van der Waals surface area contributed by atoms with Gasteiger partial charge in [0.05, 0.1) is 27.3 Å². The molecule has 4 N–H and O–H groups in total. The first-order chi connectivity index (χ1) is 21.6. The summed E-state index contributed by atoms with van der Waals surface area (Å²) in [7, 11) is 1.99. The van der Waals surface area contributed by atoms with E-state index in [0.717, 1.165) is 90.2 Å². The van der Waals surface area contributed by atoms with Gasteiger partial charge in [0.1, 0.15) is 11.5 Å². The summed E-state index contributed by atoms with van der Waals surface area (Å²) in [4.78, 5) is 37.7. The molecule has 0 spiro atoms. The molecule has 2 aliphatic carbocycles. The number of fused-ring (bicyclic) bond motifs is 2. The standard InChI is InChI=1S/C33H37Cl2N7O2S/c1-17-3-6-21(7-4-17)38-31(43)23-10-25-28(12-27(23)42-14-19-9-20(19)15-42)41(2)29(39-25)11-22-24(34)8-5-18(30(22)35)13-37-32(44)26-16-45-33(36)40-26/h5,8,10,12,16-17,19-21H,3-4,6-7,9,11,13-15H2,1-2H3,(H2,36,40)(H,37,44)(H,38,43). The number of nitrogen functional groups attached to an aromatic ring is 1. The van der Waals surface area contributed by atoms with Crippen molar-refractivity contribution >= 4 is 68.2 Å². The van der Waals surface area contributed by atoms with Crippen LogP contribution in [-0.2, 0) is 20.0 Å². The van der Waals surface area contributed by atoms with Gasteiger partial charge >= 0.3 is 0 Å². The van der Waals surface area contributed by atoms with E-state index in [1.807, 2.05) is 19.2 Å². The molecule has 3 fully saturated rings. The monoisotopic (exact) mass is 665 g/mol. The van der Waals surface area contributed by atoms with Gasteiger partial charge in [-0.2, -0.15) is 0 Å². The molecule has 12 heteroatoms. The highest BCUT2D eigenvalue weighted by Crippen LogP contribution is 2.47.